The largest absolute Gasteiger partial charge is 0.481 e. The lowest BCUT2D eigenvalue weighted by Crippen LogP contribution is -2.03. The van der Waals surface area contributed by atoms with E-state index in [4.69, 9.17) is 5.11 Å². The summed E-state index contributed by atoms with van der Waals surface area (Å²) < 4.78 is 22.9. The SMILES string of the molecule is CS(=O)(=O)c1ccccc1CCCC(=O)O. The van der Waals surface area contributed by atoms with Crippen LogP contribution < -0.4 is 0 Å². The molecule has 1 aromatic carbocycles. The van der Waals surface area contributed by atoms with E-state index in [0.29, 0.717) is 23.3 Å². The zero-order chi connectivity index (χ0) is 12.2. The van der Waals surface area contributed by atoms with Crippen molar-refractivity contribution in [3.63, 3.8) is 0 Å². The second kappa shape index (κ2) is 5.12. The van der Waals surface area contributed by atoms with Gasteiger partial charge in [-0.1, -0.05) is 18.2 Å². The predicted octanol–water partition coefficient (Wildman–Crippen LogP) is 1.50. The summed E-state index contributed by atoms with van der Waals surface area (Å²) in [5, 5.41) is 8.50. The van der Waals surface area contributed by atoms with E-state index < -0.39 is 15.8 Å². The maximum atomic E-state index is 11.4. The molecule has 0 atom stereocenters. The first-order chi connectivity index (χ1) is 7.41. The second-order valence-electron chi connectivity index (χ2n) is 3.63. The molecule has 16 heavy (non-hydrogen) atoms. The Morgan fingerprint density at radius 1 is 1.31 bits per heavy atom. The molecule has 0 aliphatic rings. The molecule has 0 heterocycles. The van der Waals surface area contributed by atoms with Crippen LogP contribution in [0.3, 0.4) is 0 Å². The first-order valence-electron chi connectivity index (χ1n) is 4.91. The molecule has 0 aromatic heterocycles. The van der Waals surface area contributed by atoms with Crippen molar-refractivity contribution in [2.75, 3.05) is 6.26 Å². The highest BCUT2D eigenvalue weighted by molar-refractivity contribution is 7.90. The summed E-state index contributed by atoms with van der Waals surface area (Å²) in [6.07, 6.45) is 2.12. The molecule has 0 aliphatic carbocycles. The lowest BCUT2D eigenvalue weighted by Gasteiger charge is -2.06. The Bertz CT molecular complexity index is 477. The number of aliphatic carboxylic acids is 1. The molecule has 0 amide bonds. The zero-order valence-electron chi connectivity index (χ0n) is 9.01. The van der Waals surface area contributed by atoms with Gasteiger partial charge in [0.05, 0.1) is 4.90 Å². The van der Waals surface area contributed by atoms with Gasteiger partial charge in [-0.25, -0.2) is 8.42 Å². The molecule has 0 aliphatic heterocycles. The van der Waals surface area contributed by atoms with Crippen molar-refractivity contribution in [3.8, 4) is 0 Å². The number of hydrogen-bond donors (Lipinski definition) is 1. The zero-order valence-corrected chi connectivity index (χ0v) is 9.83. The van der Waals surface area contributed by atoms with Gasteiger partial charge in [-0.2, -0.15) is 0 Å². The third-order valence-electron chi connectivity index (χ3n) is 2.21. The van der Waals surface area contributed by atoms with Crippen LogP contribution in [-0.2, 0) is 21.1 Å². The molecule has 1 aromatic rings. The van der Waals surface area contributed by atoms with Crippen LogP contribution in [0.1, 0.15) is 18.4 Å². The highest BCUT2D eigenvalue weighted by atomic mass is 32.2. The van der Waals surface area contributed by atoms with Gasteiger partial charge >= 0.3 is 5.97 Å². The lowest BCUT2D eigenvalue weighted by molar-refractivity contribution is -0.137. The maximum absolute atomic E-state index is 11.4. The van der Waals surface area contributed by atoms with Crippen LogP contribution in [0.15, 0.2) is 29.2 Å². The number of hydrogen-bond acceptors (Lipinski definition) is 3. The average Bonchev–Trinajstić information content (AvgIpc) is 2.16. The normalized spacial score (nSPS) is 11.3. The number of aryl methyl sites for hydroxylation is 1. The quantitative estimate of drug-likeness (QED) is 0.849. The average molecular weight is 242 g/mol. The molecule has 0 unspecified atom stereocenters. The summed E-state index contributed by atoms with van der Waals surface area (Å²) in [5.74, 6) is -0.864. The Kier molecular flexibility index (Phi) is 4.06. The number of carbonyl (C=O) groups is 1. The smallest absolute Gasteiger partial charge is 0.303 e. The molecule has 4 nitrogen and oxygen atoms in total. The van der Waals surface area contributed by atoms with Crippen LogP contribution >= 0.6 is 0 Å². The fraction of sp³-hybridized carbons (Fsp3) is 0.364. The highest BCUT2D eigenvalue weighted by Crippen LogP contribution is 2.17. The van der Waals surface area contributed by atoms with Crippen molar-refractivity contribution in [2.24, 2.45) is 0 Å². The van der Waals surface area contributed by atoms with E-state index >= 15 is 0 Å². The summed E-state index contributed by atoms with van der Waals surface area (Å²) in [7, 11) is -3.23. The van der Waals surface area contributed by atoms with Crippen LogP contribution in [-0.4, -0.2) is 25.7 Å². The third-order valence-corrected chi connectivity index (χ3v) is 3.41. The van der Waals surface area contributed by atoms with Gasteiger partial charge < -0.3 is 5.11 Å². The van der Waals surface area contributed by atoms with E-state index in [9.17, 15) is 13.2 Å². The number of benzene rings is 1. The van der Waals surface area contributed by atoms with Crippen molar-refractivity contribution in [1.29, 1.82) is 0 Å². The van der Waals surface area contributed by atoms with Gasteiger partial charge in [0.2, 0.25) is 0 Å². The molecule has 0 saturated carbocycles. The number of sulfone groups is 1. The van der Waals surface area contributed by atoms with Crippen LogP contribution in [0.2, 0.25) is 0 Å². The van der Waals surface area contributed by atoms with Gasteiger partial charge in [0, 0.05) is 12.7 Å². The molecular formula is C11H14O4S. The molecule has 0 radical (unpaired) electrons. The lowest BCUT2D eigenvalue weighted by atomic mass is 10.1. The Labute approximate surface area is 94.8 Å². The molecule has 0 fully saturated rings. The van der Waals surface area contributed by atoms with Crippen molar-refractivity contribution < 1.29 is 18.3 Å². The number of carboxylic acids is 1. The van der Waals surface area contributed by atoms with Crippen molar-refractivity contribution >= 4 is 15.8 Å². The van der Waals surface area contributed by atoms with Crippen molar-refractivity contribution in [1.82, 2.24) is 0 Å². The minimum absolute atomic E-state index is 0.0537. The van der Waals surface area contributed by atoms with Gasteiger partial charge in [0.15, 0.2) is 9.84 Å². The monoisotopic (exact) mass is 242 g/mol. The summed E-state index contributed by atoms with van der Waals surface area (Å²) in [6.45, 7) is 0. The van der Waals surface area contributed by atoms with Crippen LogP contribution in [0.5, 0.6) is 0 Å². The molecule has 0 saturated heterocycles. The molecule has 0 spiro atoms. The summed E-state index contributed by atoms with van der Waals surface area (Å²) in [4.78, 5) is 10.6. The van der Waals surface area contributed by atoms with Crippen LogP contribution in [0, 0.1) is 0 Å². The standard InChI is InChI=1S/C11H14O4S/c1-16(14,15)10-7-3-2-5-9(10)6-4-8-11(12)13/h2-3,5,7H,4,6,8H2,1H3,(H,12,13). The van der Waals surface area contributed by atoms with E-state index in [1.807, 2.05) is 0 Å². The molecule has 0 bridgehead atoms. The summed E-state index contributed by atoms with van der Waals surface area (Å²) in [6, 6.07) is 6.69. The maximum Gasteiger partial charge on any atom is 0.303 e. The van der Waals surface area contributed by atoms with Gasteiger partial charge in [0.25, 0.3) is 0 Å². The fourth-order valence-corrected chi connectivity index (χ4v) is 2.47. The molecule has 5 heteroatoms. The summed E-state index contributed by atoms with van der Waals surface area (Å²) in [5.41, 5.74) is 0.686. The van der Waals surface area contributed by atoms with E-state index in [0.717, 1.165) is 6.26 Å². The van der Waals surface area contributed by atoms with E-state index in [-0.39, 0.29) is 6.42 Å². The van der Waals surface area contributed by atoms with Crippen molar-refractivity contribution in [3.05, 3.63) is 29.8 Å². The van der Waals surface area contributed by atoms with Gasteiger partial charge in [-0.15, -0.1) is 0 Å². The first-order valence-corrected chi connectivity index (χ1v) is 6.80. The molecule has 1 rings (SSSR count). The minimum Gasteiger partial charge on any atom is -0.481 e. The van der Waals surface area contributed by atoms with Gasteiger partial charge in [-0.05, 0) is 24.5 Å². The Hall–Kier alpha value is -1.36. The predicted molar refractivity (Wildman–Crippen MR) is 60.1 cm³/mol. The van der Waals surface area contributed by atoms with E-state index in [2.05, 4.69) is 0 Å². The number of rotatable bonds is 5. The summed E-state index contributed by atoms with van der Waals surface area (Å²) >= 11 is 0. The fourth-order valence-electron chi connectivity index (χ4n) is 1.50. The first kappa shape index (κ1) is 12.7. The topological polar surface area (TPSA) is 71.4 Å². The van der Waals surface area contributed by atoms with Crippen LogP contribution in [0.25, 0.3) is 0 Å². The molecular weight excluding hydrogens is 228 g/mol. The van der Waals surface area contributed by atoms with Crippen LogP contribution in [0.4, 0.5) is 0 Å². The van der Waals surface area contributed by atoms with Gasteiger partial charge in [-0.3, -0.25) is 4.79 Å². The Balaban J connectivity index is 2.84. The Morgan fingerprint density at radius 3 is 2.50 bits per heavy atom. The number of carboxylic acid groups (broad SMARTS) is 1. The minimum atomic E-state index is -3.23. The van der Waals surface area contributed by atoms with Gasteiger partial charge in [0.1, 0.15) is 0 Å². The molecule has 1 N–H and O–H groups in total. The second-order valence-corrected chi connectivity index (χ2v) is 5.61. The molecule has 88 valence electrons. The highest BCUT2D eigenvalue weighted by Gasteiger charge is 2.12. The third kappa shape index (κ3) is 3.66. The van der Waals surface area contributed by atoms with E-state index in [1.54, 1.807) is 24.3 Å². The van der Waals surface area contributed by atoms with Crippen molar-refractivity contribution in [2.45, 2.75) is 24.2 Å². The van der Waals surface area contributed by atoms with E-state index in [1.165, 1.54) is 0 Å². The Morgan fingerprint density at radius 2 is 1.94 bits per heavy atom.